The topological polar surface area (TPSA) is 24.7 Å². The van der Waals surface area contributed by atoms with Crippen molar-refractivity contribution >= 4 is 22.8 Å². The zero-order chi connectivity index (χ0) is 43.1. The Balaban J connectivity index is 0.0000186. The summed E-state index contributed by atoms with van der Waals surface area (Å²) < 4.78 is 0. The Morgan fingerprint density at radius 3 is 1.10 bits per heavy atom. The maximum absolute atomic E-state index is 5.39. The first-order valence-electron chi connectivity index (χ1n) is 26.7. The number of nitrogens with zero attached hydrogens (tertiary/aromatic N) is 2. The Morgan fingerprint density at radius 1 is 0.377 bits per heavy atom. The van der Waals surface area contributed by atoms with Crippen molar-refractivity contribution < 1.29 is 20.4 Å². The molecular formula is C58H98N2Pd. The Bertz CT molecular complexity index is 1400. The molecule has 0 heterocycles. The fourth-order valence-electron chi connectivity index (χ4n) is 8.89. The molecule has 2 rings (SSSR count). The third kappa shape index (κ3) is 28.6. The van der Waals surface area contributed by atoms with Crippen molar-refractivity contribution in [3.63, 3.8) is 0 Å². The van der Waals surface area contributed by atoms with Crippen molar-refractivity contribution in [1.82, 2.24) is 0 Å². The molecule has 2 aromatic rings. The number of aliphatic imine (C=N–C) groups is 2. The molecular weight excluding hydrogens is 831 g/mol. The van der Waals surface area contributed by atoms with Crippen LogP contribution in [-0.4, -0.2) is 11.4 Å². The smallest absolute Gasteiger partial charge is 0.0848 e. The van der Waals surface area contributed by atoms with Gasteiger partial charge < -0.3 is 0 Å². The zero-order valence-corrected chi connectivity index (χ0v) is 42.8. The minimum atomic E-state index is 0. The molecule has 0 atom stereocenters. The summed E-state index contributed by atoms with van der Waals surface area (Å²) in [6, 6.07) is 13.9. The first kappa shape index (κ1) is 57.2. The third-order valence-electron chi connectivity index (χ3n) is 12.5. The van der Waals surface area contributed by atoms with Crippen LogP contribution in [0.2, 0.25) is 0 Å². The maximum atomic E-state index is 5.39. The van der Waals surface area contributed by atoms with Crippen molar-refractivity contribution in [3.05, 3.63) is 70.8 Å². The summed E-state index contributed by atoms with van der Waals surface area (Å²) in [5, 5.41) is 0. The second-order valence-corrected chi connectivity index (χ2v) is 18.4. The average Bonchev–Trinajstić information content (AvgIpc) is 3.25. The van der Waals surface area contributed by atoms with Gasteiger partial charge in [-0.3, -0.25) is 4.99 Å². The monoisotopic (exact) mass is 929 g/mol. The molecule has 350 valence electrons. The molecule has 0 saturated carbocycles. The van der Waals surface area contributed by atoms with Gasteiger partial charge in [0.15, 0.2) is 0 Å². The number of allylic oxidation sites excluding steroid dienone is 2. The fourth-order valence-corrected chi connectivity index (χ4v) is 8.89. The first-order chi connectivity index (χ1) is 29.6. The van der Waals surface area contributed by atoms with Crippen LogP contribution in [-0.2, 0) is 46.1 Å². The van der Waals surface area contributed by atoms with E-state index in [9.17, 15) is 0 Å². The van der Waals surface area contributed by atoms with E-state index in [2.05, 4.69) is 90.1 Å². The van der Waals surface area contributed by atoms with Crippen LogP contribution in [0.4, 0.5) is 11.4 Å². The van der Waals surface area contributed by atoms with Crippen LogP contribution in [0.25, 0.3) is 0 Å². The van der Waals surface area contributed by atoms with E-state index in [-0.39, 0.29) is 20.4 Å². The quantitative estimate of drug-likeness (QED) is 0.0361. The summed E-state index contributed by atoms with van der Waals surface area (Å²) >= 11 is 0. The molecule has 0 N–H and O–H groups in total. The van der Waals surface area contributed by atoms with Gasteiger partial charge in [0.2, 0.25) is 0 Å². The van der Waals surface area contributed by atoms with Crippen LogP contribution >= 0.6 is 0 Å². The van der Waals surface area contributed by atoms with Gasteiger partial charge in [-0.1, -0.05) is 240 Å². The van der Waals surface area contributed by atoms with Crippen LogP contribution < -0.4 is 0 Å². The van der Waals surface area contributed by atoms with E-state index in [1.165, 1.54) is 189 Å². The minimum Gasteiger partial charge on any atom is -0.251 e. The summed E-state index contributed by atoms with van der Waals surface area (Å²) in [4.78, 5) is 10.8. The molecule has 0 saturated heterocycles. The standard InChI is InChI=1S/C58H98N2.Pd/c1-7-13-15-16-17-18-19-20-21-22-23-24-25-26-27-28-29-30-31-32-33-34-35-36-37-38-44-58(60-56-48-46-52(40-10-4)54(50-56)42-12-6)57(43-14-8-2)59-55-47-45-51(39-9-3)53(49-55)41-11-5;/h38,44-50H,7-37,39-43H2,1-6H3;/b44-38+,59-57?,60-58?;. The van der Waals surface area contributed by atoms with Crippen LogP contribution in [0.15, 0.2) is 58.5 Å². The van der Waals surface area contributed by atoms with Gasteiger partial charge in [0, 0.05) is 20.4 Å². The molecule has 2 nitrogen and oxygen atoms in total. The number of hydrogen-bond donors (Lipinski definition) is 0. The number of hydrogen-bond acceptors (Lipinski definition) is 2. The second-order valence-electron chi connectivity index (χ2n) is 18.4. The van der Waals surface area contributed by atoms with Gasteiger partial charge in [0.1, 0.15) is 0 Å². The van der Waals surface area contributed by atoms with Gasteiger partial charge in [0.05, 0.1) is 22.8 Å². The van der Waals surface area contributed by atoms with Gasteiger partial charge in [-0.05, 0) is 104 Å². The zero-order valence-electron chi connectivity index (χ0n) is 41.3. The van der Waals surface area contributed by atoms with E-state index in [4.69, 9.17) is 9.98 Å². The molecule has 0 aliphatic carbocycles. The maximum Gasteiger partial charge on any atom is 0.0848 e. The summed E-state index contributed by atoms with van der Waals surface area (Å²) in [6.07, 6.45) is 52.7. The Morgan fingerprint density at radius 2 is 0.721 bits per heavy atom. The van der Waals surface area contributed by atoms with Crippen molar-refractivity contribution in [3.8, 4) is 0 Å². The summed E-state index contributed by atoms with van der Waals surface area (Å²) in [5.74, 6) is 0. The second kappa shape index (κ2) is 40.9. The van der Waals surface area contributed by atoms with Crippen molar-refractivity contribution in [2.24, 2.45) is 9.98 Å². The average molecular weight is 930 g/mol. The molecule has 3 heteroatoms. The number of unbranched alkanes of at least 4 members (excludes halogenated alkanes) is 25. The fraction of sp³-hybridized carbons (Fsp3) is 0.724. The van der Waals surface area contributed by atoms with Gasteiger partial charge >= 0.3 is 0 Å². The van der Waals surface area contributed by atoms with Crippen molar-refractivity contribution in [1.29, 1.82) is 0 Å². The molecule has 0 aliphatic rings. The van der Waals surface area contributed by atoms with Crippen LogP contribution in [0.5, 0.6) is 0 Å². The SMILES string of the molecule is CCCCCCCCCCCCCCCCCCCCCCCCCC/C=C/C(=Nc1ccc(CCC)c(CCC)c1)C(CCCC)=Nc1ccc(CCC)c(CCC)c1.[Pd]. The molecule has 2 aromatic carbocycles. The molecule has 61 heavy (non-hydrogen) atoms. The predicted molar refractivity (Wildman–Crippen MR) is 273 cm³/mol. The van der Waals surface area contributed by atoms with E-state index in [1.807, 2.05) is 0 Å². The van der Waals surface area contributed by atoms with Crippen molar-refractivity contribution in [2.45, 2.75) is 273 Å². The van der Waals surface area contributed by atoms with E-state index in [0.29, 0.717) is 0 Å². The first-order valence-corrected chi connectivity index (χ1v) is 26.7. The van der Waals surface area contributed by atoms with E-state index < -0.39 is 0 Å². The van der Waals surface area contributed by atoms with E-state index in [0.717, 1.165) is 87.0 Å². The Kier molecular flexibility index (Phi) is 38.4. The molecule has 0 radical (unpaired) electrons. The summed E-state index contributed by atoms with van der Waals surface area (Å²) in [6.45, 7) is 13.7. The van der Waals surface area contributed by atoms with Crippen LogP contribution in [0, 0.1) is 0 Å². The third-order valence-corrected chi connectivity index (χ3v) is 12.5. The van der Waals surface area contributed by atoms with Gasteiger partial charge in [0.25, 0.3) is 0 Å². The van der Waals surface area contributed by atoms with Crippen LogP contribution in [0.3, 0.4) is 0 Å². The predicted octanol–water partition coefficient (Wildman–Crippen LogP) is 19.9. The minimum absolute atomic E-state index is 0. The number of rotatable bonds is 40. The number of benzene rings is 2. The molecule has 0 unspecified atom stereocenters. The van der Waals surface area contributed by atoms with Gasteiger partial charge in [-0.25, -0.2) is 4.99 Å². The summed E-state index contributed by atoms with van der Waals surface area (Å²) in [5.41, 5.74) is 10.2. The van der Waals surface area contributed by atoms with Gasteiger partial charge in [-0.15, -0.1) is 0 Å². The van der Waals surface area contributed by atoms with E-state index >= 15 is 0 Å². The van der Waals surface area contributed by atoms with E-state index in [1.54, 1.807) is 0 Å². The molecule has 0 spiro atoms. The molecule has 0 aromatic heterocycles. The molecule has 0 bridgehead atoms. The molecule has 0 fully saturated rings. The Labute approximate surface area is 394 Å². The molecule has 0 aliphatic heterocycles. The normalized spacial score (nSPS) is 12.2. The number of aryl methyl sites for hydroxylation is 4. The largest absolute Gasteiger partial charge is 0.251 e. The van der Waals surface area contributed by atoms with Crippen molar-refractivity contribution in [2.75, 3.05) is 0 Å². The summed E-state index contributed by atoms with van der Waals surface area (Å²) in [7, 11) is 0. The molecule has 0 amide bonds. The Hall–Kier alpha value is -1.82. The van der Waals surface area contributed by atoms with Gasteiger partial charge in [-0.2, -0.15) is 0 Å². The van der Waals surface area contributed by atoms with Crippen LogP contribution in [0.1, 0.15) is 269 Å².